The number of halogens is 3. The van der Waals surface area contributed by atoms with Crippen LogP contribution in [0.1, 0.15) is 59.1 Å². The number of nitrogens with one attached hydrogen (secondary N) is 1. The van der Waals surface area contributed by atoms with Gasteiger partial charge in [0, 0.05) is 31.6 Å². The molecule has 1 fully saturated rings. The first-order valence-corrected chi connectivity index (χ1v) is 10.6. The Morgan fingerprint density at radius 3 is 1.43 bits per heavy atom. The molecule has 1 aromatic carbocycles. The van der Waals surface area contributed by atoms with Crippen molar-refractivity contribution in [1.29, 1.82) is 0 Å². The molecule has 3 N–H and O–H groups in total. The molecule has 0 saturated heterocycles. The van der Waals surface area contributed by atoms with Gasteiger partial charge >= 0.3 is 15.5 Å². The van der Waals surface area contributed by atoms with Crippen molar-refractivity contribution < 1.29 is 41.1 Å². The minimum absolute atomic E-state index is 0. The fraction of sp³-hybridized carbons (Fsp3) is 0.684. The van der Waals surface area contributed by atoms with Crippen molar-refractivity contribution in [3.63, 3.8) is 0 Å². The van der Waals surface area contributed by atoms with Crippen LogP contribution in [0.2, 0.25) is 0 Å². The van der Waals surface area contributed by atoms with Crippen LogP contribution in [0.4, 0.5) is 13.2 Å². The molecule has 0 unspecified atom stereocenters. The average molecular weight is 510 g/mol. The van der Waals surface area contributed by atoms with E-state index < -0.39 is 27.6 Å². The molecule has 4 nitrogen and oxygen atoms in total. The molecular weight excluding hydrogens is 478 g/mol. The predicted molar refractivity (Wildman–Crippen MR) is 103 cm³/mol. The Hall–Kier alpha value is -0.497. The Bertz CT molecular complexity index is 675. The van der Waals surface area contributed by atoms with E-state index in [4.69, 9.17) is 5.73 Å². The number of rotatable bonds is 2. The van der Waals surface area contributed by atoms with Crippen molar-refractivity contribution in [1.82, 2.24) is 4.72 Å². The normalized spacial score (nSPS) is 20.1. The fourth-order valence-corrected chi connectivity index (χ4v) is 4.08. The molecule has 2 rings (SSSR count). The van der Waals surface area contributed by atoms with Crippen LogP contribution in [0.3, 0.4) is 0 Å². The second kappa shape index (κ2) is 10.5. The van der Waals surface area contributed by atoms with Gasteiger partial charge in [-0.25, -0.2) is 13.1 Å². The van der Waals surface area contributed by atoms with E-state index in [1.165, 1.54) is 33.4 Å². The first kappa shape index (κ1) is 27.5. The fourth-order valence-electron chi connectivity index (χ4n) is 3.26. The van der Waals surface area contributed by atoms with Gasteiger partial charge in [-0.15, -0.1) is 0 Å². The molecule has 1 aliphatic rings. The number of nitrogens with two attached hydrogens (primary N) is 1. The van der Waals surface area contributed by atoms with Crippen LogP contribution in [-0.4, -0.2) is 26.0 Å². The Morgan fingerprint density at radius 1 is 0.821 bits per heavy atom. The van der Waals surface area contributed by atoms with Crippen molar-refractivity contribution in [2.24, 2.45) is 5.73 Å². The topological polar surface area (TPSA) is 72.2 Å². The quantitative estimate of drug-likeness (QED) is 0.587. The van der Waals surface area contributed by atoms with Crippen LogP contribution < -0.4 is 10.5 Å². The number of hydrogen-bond donors (Lipinski definition) is 2. The van der Waals surface area contributed by atoms with Crippen LogP contribution in [-0.2, 0) is 29.5 Å². The summed E-state index contributed by atoms with van der Waals surface area (Å²) in [6.07, 6.45) is 2.42. The summed E-state index contributed by atoms with van der Waals surface area (Å²) < 4.78 is 59.2. The molecule has 9 heteroatoms. The standard InChI is InChI=1S/C12H18.C7H13F3N2O2S.Ru/c1-7-8(2)10(4)12(6)11(5)9(7)3;8-7(9,10)15(13,14)12-6-4-2-1-3-5(6)11;/h1-6H3;5-6,12H,1-4,11H2;/t;5-,6-;/m.0./s1. The minimum Gasteiger partial charge on any atom is -0.326 e. The molecule has 164 valence electrons. The first-order chi connectivity index (χ1) is 12.2. The largest absolute Gasteiger partial charge is 0.511 e. The van der Waals surface area contributed by atoms with E-state index in [0.717, 1.165) is 6.42 Å². The zero-order valence-corrected chi connectivity index (χ0v) is 19.8. The second-order valence-corrected chi connectivity index (χ2v) is 9.08. The molecule has 0 amide bonds. The van der Waals surface area contributed by atoms with Gasteiger partial charge in [-0.3, -0.25) is 0 Å². The molecule has 1 aromatic rings. The maximum absolute atomic E-state index is 12.0. The monoisotopic (exact) mass is 510 g/mol. The summed E-state index contributed by atoms with van der Waals surface area (Å²) in [6, 6.07) is -1.33. The predicted octanol–water partition coefficient (Wildman–Crippen LogP) is 4.23. The van der Waals surface area contributed by atoms with Crippen LogP contribution >= 0.6 is 0 Å². The van der Waals surface area contributed by atoms with Crippen LogP contribution in [0, 0.1) is 41.5 Å². The summed E-state index contributed by atoms with van der Waals surface area (Å²) in [7, 11) is -5.26. The van der Waals surface area contributed by atoms with Gasteiger partial charge in [0.05, 0.1) is 0 Å². The third-order valence-electron chi connectivity index (χ3n) is 5.81. The van der Waals surface area contributed by atoms with E-state index in [1.54, 1.807) is 4.72 Å². The third-order valence-corrected chi connectivity index (χ3v) is 7.03. The number of alkyl halides is 3. The summed E-state index contributed by atoms with van der Waals surface area (Å²) in [5, 5.41) is 0. The second-order valence-electron chi connectivity index (χ2n) is 7.37. The molecule has 0 heterocycles. The first-order valence-electron chi connectivity index (χ1n) is 9.08. The van der Waals surface area contributed by atoms with Crippen molar-refractivity contribution >= 4 is 10.0 Å². The van der Waals surface area contributed by atoms with Gasteiger partial charge in [-0.2, -0.15) is 13.2 Å². The van der Waals surface area contributed by atoms with Gasteiger partial charge in [-0.05, 0) is 87.8 Å². The van der Waals surface area contributed by atoms with Gasteiger partial charge in [0.1, 0.15) is 0 Å². The molecule has 2 atom stereocenters. The van der Waals surface area contributed by atoms with Crippen LogP contribution in [0.15, 0.2) is 0 Å². The molecule has 1 saturated carbocycles. The molecule has 0 aliphatic heterocycles. The summed E-state index contributed by atoms with van der Waals surface area (Å²) in [4.78, 5) is 0. The smallest absolute Gasteiger partial charge is 0.326 e. The van der Waals surface area contributed by atoms with E-state index in [1.807, 2.05) is 0 Å². The molecule has 0 spiro atoms. The van der Waals surface area contributed by atoms with Crippen molar-refractivity contribution in [2.45, 2.75) is 84.8 Å². The van der Waals surface area contributed by atoms with Gasteiger partial charge in [0.25, 0.3) is 0 Å². The maximum Gasteiger partial charge on any atom is 0.511 e. The van der Waals surface area contributed by atoms with Crippen molar-refractivity contribution in [2.75, 3.05) is 0 Å². The van der Waals surface area contributed by atoms with Crippen LogP contribution in [0.25, 0.3) is 0 Å². The van der Waals surface area contributed by atoms with E-state index in [9.17, 15) is 21.6 Å². The van der Waals surface area contributed by atoms with E-state index in [0.29, 0.717) is 19.3 Å². The van der Waals surface area contributed by atoms with E-state index in [2.05, 4.69) is 41.5 Å². The Labute approximate surface area is 179 Å². The molecule has 0 bridgehead atoms. The van der Waals surface area contributed by atoms with Gasteiger partial charge in [0.15, 0.2) is 0 Å². The van der Waals surface area contributed by atoms with E-state index in [-0.39, 0.29) is 19.5 Å². The summed E-state index contributed by atoms with van der Waals surface area (Å²) in [5.41, 5.74) is 9.00. The molecule has 28 heavy (non-hydrogen) atoms. The third kappa shape index (κ3) is 6.51. The zero-order valence-electron chi connectivity index (χ0n) is 17.3. The number of hydrogen-bond acceptors (Lipinski definition) is 3. The molecular formula is C19H31F3N2O2RuS. The Kier molecular flexibility index (Phi) is 10.3. The number of sulfonamides is 1. The van der Waals surface area contributed by atoms with Crippen LogP contribution in [0.5, 0.6) is 0 Å². The molecule has 0 aromatic heterocycles. The van der Waals surface area contributed by atoms with Crippen molar-refractivity contribution in [3.8, 4) is 0 Å². The van der Waals surface area contributed by atoms with Gasteiger partial charge in [0.2, 0.25) is 0 Å². The van der Waals surface area contributed by atoms with Crippen molar-refractivity contribution in [3.05, 3.63) is 33.4 Å². The number of benzene rings is 1. The summed E-state index contributed by atoms with van der Waals surface area (Å²) in [6.45, 7) is 13.3. The Morgan fingerprint density at radius 2 is 1.14 bits per heavy atom. The molecule has 1 aliphatic carbocycles. The van der Waals surface area contributed by atoms with Gasteiger partial charge < -0.3 is 5.73 Å². The SMILES string of the molecule is Cc1c(C)c(C)c(C)c(C)c1C.N[C@H]1CCCC[C@@H]1NS(=O)(=O)C(F)(F)F.[Ru]. The summed E-state index contributed by atoms with van der Waals surface area (Å²) >= 11 is 0. The Balaban J connectivity index is 0.000000514. The zero-order chi connectivity index (χ0) is 21.2. The maximum atomic E-state index is 12.0. The summed E-state index contributed by atoms with van der Waals surface area (Å²) in [5.74, 6) is 0. The molecule has 0 radical (unpaired) electrons. The van der Waals surface area contributed by atoms with E-state index >= 15 is 0 Å². The minimum atomic E-state index is -5.26. The van der Waals surface area contributed by atoms with Gasteiger partial charge in [-0.1, -0.05) is 12.8 Å². The average Bonchev–Trinajstić information content (AvgIpc) is 2.58.